The lowest BCUT2D eigenvalue weighted by Gasteiger charge is -2.31. The highest BCUT2D eigenvalue weighted by atomic mass is 19.1. The van der Waals surface area contributed by atoms with E-state index in [1.807, 2.05) is 14.0 Å². The minimum Gasteiger partial charge on any atom is -0.374 e. The third-order valence-corrected chi connectivity index (χ3v) is 3.42. The van der Waals surface area contributed by atoms with Crippen molar-refractivity contribution in [1.82, 2.24) is 10.2 Å². The number of morpholine rings is 1. The van der Waals surface area contributed by atoms with Gasteiger partial charge in [0, 0.05) is 31.2 Å². The molecule has 1 aromatic rings. The fraction of sp³-hybridized carbons (Fsp3) is 0.571. The zero-order chi connectivity index (χ0) is 13.8. The first kappa shape index (κ1) is 14.4. The van der Waals surface area contributed by atoms with Crippen molar-refractivity contribution in [3.8, 4) is 0 Å². The van der Waals surface area contributed by atoms with Crippen LogP contribution in [-0.4, -0.2) is 44.3 Å². The normalized spacial score (nSPS) is 22.4. The van der Waals surface area contributed by atoms with Crippen molar-refractivity contribution in [2.24, 2.45) is 0 Å². The first-order valence-electron chi connectivity index (χ1n) is 6.54. The van der Waals surface area contributed by atoms with Crippen LogP contribution in [0.25, 0.3) is 0 Å². The Kier molecular flexibility index (Phi) is 4.85. The molecular formula is C14H20F2N2O. The Labute approximate surface area is 112 Å². The molecule has 2 rings (SSSR count). The molecule has 2 atom stereocenters. The van der Waals surface area contributed by atoms with E-state index in [0.29, 0.717) is 18.7 Å². The zero-order valence-corrected chi connectivity index (χ0v) is 11.3. The molecule has 106 valence electrons. The van der Waals surface area contributed by atoms with E-state index in [2.05, 4.69) is 10.2 Å². The lowest BCUT2D eigenvalue weighted by Crippen LogP contribution is -2.45. The molecule has 1 fully saturated rings. The van der Waals surface area contributed by atoms with Gasteiger partial charge in [-0.25, -0.2) is 8.78 Å². The number of nitrogens with one attached hydrogen (secondary N) is 1. The molecule has 19 heavy (non-hydrogen) atoms. The first-order chi connectivity index (χ1) is 9.06. The van der Waals surface area contributed by atoms with Crippen LogP contribution in [0, 0.1) is 11.6 Å². The van der Waals surface area contributed by atoms with E-state index < -0.39 is 5.82 Å². The van der Waals surface area contributed by atoms with Gasteiger partial charge in [-0.05, 0) is 32.2 Å². The lowest BCUT2D eigenvalue weighted by molar-refractivity contribution is -0.0191. The number of rotatable bonds is 4. The summed E-state index contributed by atoms with van der Waals surface area (Å²) in [6, 6.07) is 3.28. The van der Waals surface area contributed by atoms with Crippen molar-refractivity contribution >= 4 is 0 Å². The summed E-state index contributed by atoms with van der Waals surface area (Å²) >= 11 is 0. The van der Waals surface area contributed by atoms with Crippen LogP contribution in [0.15, 0.2) is 18.2 Å². The molecule has 0 radical (unpaired) electrons. The highest BCUT2D eigenvalue weighted by Gasteiger charge is 2.19. The predicted molar refractivity (Wildman–Crippen MR) is 70.0 cm³/mol. The summed E-state index contributed by atoms with van der Waals surface area (Å²) in [6.07, 6.45) is 0.0952. The molecule has 1 aliphatic heterocycles. The predicted octanol–water partition coefficient (Wildman–Crippen LogP) is 1.95. The standard InChI is InChI=1S/C14H20F2N2O/c1-10(13-7-11(15)3-4-14(13)16)17-8-12-9-18(2)5-6-19-12/h3-4,7,10,12,17H,5-6,8-9H2,1-2H3/t10-,12-/m1/s1. The van der Waals surface area contributed by atoms with Gasteiger partial charge in [0.25, 0.3) is 0 Å². The van der Waals surface area contributed by atoms with Crippen molar-refractivity contribution in [2.75, 3.05) is 33.3 Å². The van der Waals surface area contributed by atoms with Gasteiger partial charge in [-0.1, -0.05) is 0 Å². The van der Waals surface area contributed by atoms with Gasteiger partial charge < -0.3 is 15.0 Å². The monoisotopic (exact) mass is 270 g/mol. The number of nitrogens with zero attached hydrogens (tertiary/aromatic N) is 1. The summed E-state index contributed by atoms with van der Waals surface area (Å²) < 4.78 is 32.3. The van der Waals surface area contributed by atoms with Crippen LogP contribution < -0.4 is 5.32 Å². The second-order valence-corrected chi connectivity index (χ2v) is 5.05. The maximum atomic E-state index is 13.6. The molecule has 1 N–H and O–H groups in total. The van der Waals surface area contributed by atoms with Gasteiger partial charge in [-0.3, -0.25) is 0 Å². The van der Waals surface area contributed by atoms with Crippen molar-refractivity contribution in [1.29, 1.82) is 0 Å². The van der Waals surface area contributed by atoms with Gasteiger partial charge in [0.05, 0.1) is 12.7 Å². The second kappa shape index (κ2) is 6.41. The van der Waals surface area contributed by atoms with E-state index >= 15 is 0 Å². The van der Waals surface area contributed by atoms with Gasteiger partial charge >= 0.3 is 0 Å². The van der Waals surface area contributed by atoms with Crippen molar-refractivity contribution in [3.05, 3.63) is 35.4 Å². The highest BCUT2D eigenvalue weighted by Crippen LogP contribution is 2.18. The largest absolute Gasteiger partial charge is 0.374 e. The van der Waals surface area contributed by atoms with Gasteiger partial charge in [-0.2, -0.15) is 0 Å². The lowest BCUT2D eigenvalue weighted by atomic mass is 10.1. The van der Waals surface area contributed by atoms with E-state index in [1.165, 1.54) is 6.07 Å². The molecule has 0 aromatic heterocycles. The smallest absolute Gasteiger partial charge is 0.128 e. The number of halogens is 2. The van der Waals surface area contributed by atoms with Gasteiger partial charge in [0.15, 0.2) is 0 Å². The minimum atomic E-state index is -0.418. The van der Waals surface area contributed by atoms with Crippen LogP contribution in [0.2, 0.25) is 0 Å². The fourth-order valence-electron chi connectivity index (χ4n) is 2.25. The summed E-state index contributed by atoms with van der Waals surface area (Å²) in [4.78, 5) is 2.20. The van der Waals surface area contributed by atoms with Crippen molar-refractivity contribution < 1.29 is 13.5 Å². The van der Waals surface area contributed by atoms with Crippen LogP contribution in [0.3, 0.4) is 0 Å². The maximum Gasteiger partial charge on any atom is 0.128 e. The number of ether oxygens (including phenoxy) is 1. The second-order valence-electron chi connectivity index (χ2n) is 5.05. The first-order valence-corrected chi connectivity index (χ1v) is 6.54. The third kappa shape index (κ3) is 3.96. The van der Waals surface area contributed by atoms with E-state index in [9.17, 15) is 8.78 Å². The molecule has 1 aromatic carbocycles. The molecule has 0 aliphatic carbocycles. The summed E-state index contributed by atoms with van der Waals surface area (Å²) in [7, 11) is 2.05. The van der Waals surface area contributed by atoms with Crippen LogP contribution in [0.1, 0.15) is 18.5 Å². The summed E-state index contributed by atoms with van der Waals surface area (Å²) in [5.74, 6) is -0.804. The van der Waals surface area contributed by atoms with Gasteiger partial charge in [0.1, 0.15) is 11.6 Å². The van der Waals surface area contributed by atoms with Gasteiger partial charge in [0.2, 0.25) is 0 Å². The molecule has 0 bridgehead atoms. The quantitative estimate of drug-likeness (QED) is 0.905. The third-order valence-electron chi connectivity index (χ3n) is 3.42. The van der Waals surface area contributed by atoms with Gasteiger partial charge in [-0.15, -0.1) is 0 Å². The average molecular weight is 270 g/mol. The molecule has 0 amide bonds. The topological polar surface area (TPSA) is 24.5 Å². The van der Waals surface area contributed by atoms with E-state index in [-0.39, 0.29) is 18.0 Å². The maximum absolute atomic E-state index is 13.6. The number of likely N-dealkylation sites (N-methyl/N-ethyl adjacent to an activating group) is 1. The molecule has 1 saturated heterocycles. The molecule has 0 spiro atoms. The Morgan fingerprint density at radius 3 is 3.00 bits per heavy atom. The average Bonchev–Trinajstić information content (AvgIpc) is 2.39. The van der Waals surface area contributed by atoms with E-state index in [4.69, 9.17) is 4.74 Å². The number of hydrogen-bond acceptors (Lipinski definition) is 3. The SMILES string of the molecule is C[C@@H](NC[C@@H]1CN(C)CCO1)c1cc(F)ccc1F. The Balaban J connectivity index is 1.90. The number of benzene rings is 1. The summed E-state index contributed by atoms with van der Waals surface area (Å²) in [6.45, 7) is 4.95. The fourth-order valence-corrected chi connectivity index (χ4v) is 2.25. The van der Waals surface area contributed by atoms with Crippen LogP contribution in [-0.2, 0) is 4.74 Å². The molecular weight excluding hydrogens is 250 g/mol. The Hall–Kier alpha value is -1.04. The zero-order valence-electron chi connectivity index (χ0n) is 11.3. The van der Waals surface area contributed by atoms with Crippen LogP contribution >= 0.6 is 0 Å². The molecule has 0 saturated carbocycles. The Bertz CT molecular complexity index is 428. The van der Waals surface area contributed by atoms with Crippen molar-refractivity contribution in [3.63, 3.8) is 0 Å². The Morgan fingerprint density at radius 2 is 2.26 bits per heavy atom. The molecule has 0 unspecified atom stereocenters. The summed E-state index contributed by atoms with van der Waals surface area (Å²) in [5.41, 5.74) is 0.351. The highest BCUT2D eigenvalue weighted by molar-refractivity contribution is 5.21. The van der Waals surface area contributed by atoms with Crippen LogP contribution in [0.4, 0.5) is 8.78 Å². The molecule has 5 heteroatoms. The Morgan fingerprint density at radius 1 is 1.47 bits per heavy atom. The minimum absolute atomic E-state index is 0.0952. The van der Waals surface area contributed by atoms with E-state index in [1.54, 1.807) is 0 Å². The molecule has 1 aliphatic rings. The molecule has 3 nitrogen and oxygen atoms in total. The number of hydrogen-bond donors (Lipinski definition) is 1. The molecule has 1 heterocycles. The van der Waals surface area contributed by atoms with E-state index in [0.717, 1.165) is 25.2 Å². The van der Waals surface area contributed by atoms with Crippen molar-refractivity contribution in [2.45, 2.75) is 19.1 Å². The van der Waals surface area contributed by atoms with Crippen LogP contribution in [0.5, 0.6) is 0 Å². The summed E-state index contributed by atoms with van der Waals surface area (Å²) in [5, 5.41) is 3.20.